The minimum Gasteiger partial charge on any atom is -0.496 e. The SMILES string of the molecule is COc1ccc(Cl)cc1-c1nc(S/C(=C\c2cc(Cl)c(OCC(=O)O)c(Cl)c2)C(=O)O)n[nH]1. The lowest BCUT2D eigenvalue weighted by atomic mass is 10.2. The van der Waals surface area contributed by atoms with E-state index in [1.54, 1.807) is 18.2 Å². The molecule has 0 spiro atoms. The monoisotopic (exact) mass is 529 g/mol. The average molecular weight is 531 g/mol. The van der Waals surface area contributed by atoms with E-state index in [4.69, 9.17) is 49.4 Å². The second kappa shape index (κ2) is 10.8. The summed E-state index contributed by atoms with van der Waals surface area (Å²) >= 11 is 19.1. The van der Waals surface area contributed by atoms with Gasteiger partial charge >= 0.3 is 11.9 Å². The maximum atomic E-state index is 11.8. The van der Waals surface area contributed by atoms with Gasteiger partial charge in [0.2, 0.25) is 5.16 Å². The number of methoxy groups -OCH3 is 1. The number of nitrogens with one attached hydrogen (secondary N) is 1. The van der Waals surface area contributed by atoms with Crippen molar-refractivity contribution in [2.45, 2.75) is 5.16 Å². The van der Waals surface area contributed by atoms with E-state index in [0.29, 0.717) is 27.7 Å². The minimum absolute atomic E-state index is 0.0171. The topological polar surface area (TPSA) is 135 Å². The van der Waals surface area contributed by atoms with Crippen molar-refractivity contribution in [1.29, 1.82) is 0 Å². The molecule has 0 bridgehead atoms. The van der Waals surface area contributed by atoms with Gasteiger partial charge in [-0.15, -0.1) is 5.10 Å². The minimum atomic E-state index is -1.23. The highest BCUT2D eigenvalue weighted by Gasteiger charge is 2.18. The summed E-state index contributed by atoms with van der Waals surface area (Å²) in [7, 11) is 1.50. The van der Waals surface area contributed by atoms with Crippen molar-refractivity contribution in [2.75, 3.05) is 13.7 Å². The number of rotatable bonds is 9. The first-order valence-electron chi connectivity index (χ1n) is 8.90. The standard InChI is InChI=1S/C20H14Cl3N3O6S/c1-31-14-3-2-10(21)7-11(14)18-24-20(26-25-18)33-15(19(29)30)6-9-4-12(22)17(13(23)5-9)32-8-16(27)28/h2-7H,8H2,1H3,(H,27,28)(H,29,30)(H,24,25,26)/b15-6-. The van der Waals surface area contributed by atoms with Gasteiger partial charge in [0, 0.05) is 5.02 Å². The van der Waals surface area contributed by atoms with E-state index in [0.717, 1.165) is 11.8 Å². The fraction of sp³-hybridized carbons (Fsp3) is 0.100. The van der Waals surface area contributed by atoms with Gasteiger partial charge in [-0.3, -0.25) is 5.10 Å². The first-order valence-corrected chi connectivity index (χ1v) is 10.9. The Morgan fingerprint density at radius 2 is 1.85 bits per heavy atom. The van der Waals surface area contributed by atoms with Crippen LogP contribution in [-0.4, -0.2) is 51.0 Å². The predicted octanol–water partition coefficient (Wildman–Crippen LogP) is 5.12. The van der Waals surface area contributed by atoms with Crippen LogP contribution in [0, 0.1) is 0 Å². The van der Waals surface area contributed by atoms with Gasteiger partial charge in [0.25, 0.3) is 0 Å². The molecular weight excluding hydrogens is 517 g/mol. The summed E-state index contributed by atoms with van der Waals surface area (Å²) in [5.41, 5.74) is 0.908. The Labute approximate surface area is 206 Å². The lowest BCUT2D eigenvalue weighted by molar-refractivity contribution is -0.139. The van der Waals surface area contributed by atoms with E-state index in [1.807, 2.05) is 0 Å². The van der Waals surface area contributed by atoms with Crippen LogP contribution in [-0.2, 0) is 9.59 Å². The van der Waals surface area contributed by atoms with Gasteiger partial charge in [-0.2, -0.15) is 0 Å². The van der Waals surface area contributed by atoms with Crippen molar-refractivity contribution in [3.63, 3.8) is 0 Å². The molecule has 3 aromatic rings. The maximum absolute atomic E-state index is 11.8. The van der Waals surface area contributed by atoms with Crippen molar-refractivity contribution in [1.82, 2.24) is 15.2 Å². The van der Waals surface area contributed by atoms with Gasteiger partial charge in [0.1, 0.15) is 10.7 Å². The van der Waals surface area contributed by atoms with Crippen molar-refractivity contribution in [3.05, 3.63) is 55.9 Å². The number of halogens is 3. The van der Waals surface area contributed by atoms with Crippen LogP contribution in [0.15, 0.2) is 40.4 Å². The molecule has 1 aromatic heterocycles. The van der Waals surface area contributed by atoms with E-state index in [2.05, 4.69) is 15.2 Å². The van der Waals surface area contributed by atoms with Crippen molar-refractivity contribution in [3.8, 4) is 22.9 Å². The smallest absolute Gasteiger partial charge is 0.342 e. The van der Waals surface area contributed by atoms with Gasteiger partial charge in [-0.05, 0) is 53.7 Å². The van der Waals surface area contributed by atoms with Crippen LogP contribution < -0.4 is 9.47 Å². The molecule has 0 amide bonds. The molecule has 0 aliphatic rings. The molecule has 0 aliphatic carbocycles. The number of benzene rings is 2. The molecule has 3 rings (SSSR count). The van der Waals surface area contributed by atoms with Crippen LogP contribution in [0.5, 0.6) is 11.5 Å². The number of carboxylic acid groups (broad SMARTS) is 2. The largest absolute Gasteiger partial charge is 0.496 e. The Balaban J connectivity index is 1.88. The van der Waals surface area contributed by atoms with E-state index >= 15 is 0 Å². The average Bonchev–Trinajstić information content (AvgIpc) is 3.21. The molecule has 0 fully saturated rings. The molecule has 0 radical (unpaired) electrons. The molecule has 0 aliphatic heterocycles. The highest BCUT2D eigenvalue weighted by molar-refractivity contribution is 8.04. The lowest BCUT2D eigenvalue weighted by Crippen LogP contribution is -2.10. The number of hydrogen-bond acceptors (Lipinski definition) is 7. The van der Waals surface area contributed by atoms with Crippen molar-refractivity contribution < 1.29 is 29.3 Å². The number of hydrogen-bond donors (Lipinski definition) is 3. The number of nitrogens with zero attached hydrogens (tertiary/aromatic N) is 2. The fourth-order valence-corrected chi connectivity index (χ4v) is 4.09. The van der Waals surface area contributed by atoms with Crippen LogP contribution in [0.4, 0.5) is 0 Å². The van der Waals surface area contributed by atoms with Gasteiger partial charge in [-0.25, -0.2) is 14.6 Å². The molecular formula is C20H14Cl3N3O6S. The van der Waals surface area contributed by atoms with E-state index in [9.17, 15) is 14.7 Å². The summed E-state index contributed by atoms with van der Waals surface area (Å²) in [5, 5.41) is 25.8. The fourth-order valence-electron chi connectivity index (χ4n) is 2.60. The number of ether oxygens (including phenoxy) is 2. The molecule has 1 heterocycles. The highest BCUT2D eigenvalue weighted by atomic mass is 35.5. The molecule has 0 unspecified atom stereocenters. The summed E-state index contributed by atoms with van der Waals surface area (Å²) in [6, 6.07) is 7.77. The second-order valence-corrected chi connectivity index (χ2v) is 8.48. The Kier molecular flexibility index (Phi) is 8.09. The first-order chi connectivity index (χ1) is 15.7. The van der Waals surface area contributed by atoms with Crippen molar-refractivity contribution >= 4 is 64.6 Å². The van der Waals surface area contributed by atoms with Crippen LogP contribution in [0.25, 0.3) is 17.5 Å². The number of aromatic amines is 1. The Morgan fingerprint density at radius 3 is 2.45 bits per heavy atom. The summed E-state index contributed by atoms with van der Waals surface area (Å²) < 4.78 is 10.4. The number of aromatic nitrogens is 3. The number of aliphatic carboxylic acids is 2. The number of H-pyrrole nitrogens is 1. The first kappa shape index (κ1) is 24.7. The third-order valence-electron chi connectivity index (χ3n) is 3.95. The second-order valence-electron chi connectivity index (χ2n) is 6.22. The van der Waals surface area contributed by atoms with Crippen LogP contribution in [0.1, 0.15) is 5.56 Å². The molecule has 13 heteroatoms. The Hall–Kier alpha value is -2.92. The molecule has 9 nitrogen and oxygen atoms in total. The van der Waals surface area contributed by atoms with E-state index in [-0.39, 0.29) is 25.9 Å². The van der Waals surface area contributed by atoms with Gasteiger partial charge < -0.3 is 19.7 Å². The third-order valence-corrected chi connectivity index (χ3v) is 5.63. The summed E-state index contributed by atoms with van der Waals surface area (Å²) in [6.45, 7) is -0.630. The number of thioether (sulfide) groups is 1. The summed E-state index contributed by atoms with van der Waals surface area (Å²) in [4.78, 5) is 26.7. The highest BCUT2D eigenvalue weighted by Crippen LogP contribution is 2.36. The Bertz CT molecular complexity index is 1220. The van der Waals surface area contributed by atoms with E-state index < -0.39 is 18.5 Å². The molecule has 0 saturated heterocycles. The number of carboxylic acids is 2. The zero-order valence-corrected chi connectivity index (χ0v) is 19.7. The molecule has 0 saturated carbocycles. The van der Waals surface area contributed by atoms with Gasteiger partial charge in [-0.1, -0.05) is 34.8 Å². The lowest BCUT2D eigenvalue weighted by Gasteiger charge is -2.09. The molecule has 2 aromatic carbocycles. The van der Waals surface area contributed by atoms with Crippen molar-refractivity contribution in [2.24, 2.45) is 0 Å². The van der Waals surface area contributed by atoms with Crippen LogP contribution in [0.2, 0.25) is 15.1 Å². The number of carbonyl (C=O) groups is 2. The van der Waals surface area contributed by atoms with Gasteiger partial charge in [0.05, 0.1) is 22.7 Å². The van der Waals surface area contributed by atoms with E-state index in [1.165, 1.54) is 25.3 Å². The molecule has 0 atom stereocenters. The Morgan fingerprint density at radius 1 is 1.15 bits per heavy atom. The summed E-state index contributed by atoms with van der Waals surface area (Å²) in [5.74, 6) is -1.60. The third kappa shape index (κ3) is 6.32. The molecule has 3 N–H and O–H groups in total. The normalized spacial score (nSPS) is 11.3. The summed E-state index contributed by atoms with van der Waals surface area (Å²) in [6.07, 6.45) is 1.32. The predicted molar refractivity (Wildman–Crippen MR) is 124 cm³/mol. The maximum Gasteiger partial charge on any atom is 0.342 e. The quantitative estimate of drug-likeness (QED) is 0.254. The molecule has 33 heavy (non-hydrogen) atoms. The zero-order chi connectivity index (χ0) is 24.1. The van der Waals surface area contributed by atoms with Crippen LogP contribution >= 0.6 is 46.6 Å². The molecule has 172 valence electrons. The van der Waals surface area contributed by atoms with Crippen LogP contribution in [0.3, 0.4) is 0 Å². The van der Waals surface area contributed by atoms with Gasteiger partial charge in [0.15, 0.2) is 18.2 Å². The zero-order valence-electron chi connectivity index (χ0n) is 16.6.